The summed E-state index contributed by atoms with van der Waals surface area (Å²) >= 11 is 0. The van der Waals surface area contributed by atoms with Gasteiger partial charge in [0, 0.05) is 12.7 Å². The molecule has 0 aromatic rings. The third kappa shape index (κ3) is 2.45. The molecule has 13 heavy (non-hydrogen) atoms. The number of hydrogen-bond acceptors (Lipinski definition) is 3. The Hall–Kier alpha value is -1.04. The Bertz CT molecular complexity index is 332. The van der Waals surface area contributed by atoms with Gasteiger partial charge in [-0.3, -0.25) is 4.31 Å². The van der Waals surface area contributed by atoms with Crippen LogP contribution in [0, 0.1) is 0 Å². The van der Waals surface area contributed by atoms with Crippen LogP contribution in [0.4, 0.5) is 0 Å². The highest BCUT2D eigenvalue weighted by Crippen LogP contribution is 2.10. The molecule has 0 aromatic heterocycles. The van der Waals surface area contributed by atoms with Crippen LogP contribution in [0.1, 0.15) is 19.8 Å². The molecule has 0 amide bonds. The van der Waals surface area contributed by atoms with Crippen LogP contribution < -0.4 is 5.73 Å². The Morgan fingerprint density at radius 2 is 2.31 bits per heavy atom. The zero-order valence-electron chi connectivity index (χ0n) is 7.47. The van der Waals surface area contributed by atoms with Gasteiger partial charge in [-0.2, -0.15) is 8.42 Å². The topological polar surface area (TPSA) is 75.8 Å². The molecule has 1 aliphatic rings. The van der Waals surface area contributed by atoms with Gasteiger partial charge in [-0.1, -0.05) is 13.3 Å². The summed E-state index contributed by atoms with van der Waals surface area (Å²) in [5, 5.41) is 0. The van der Waals surface area contributed by atoms with Gasteiger partial charge in [0.1, 0.15) is 5.84 Å². The molecule has 0 radical (unpaired) electrons. The highest BCUT2D eigenvalue weighted by atomic mass is 32.2. The maximum atomic E-state index is 11.3. The van der Waals surface area contributed by atoms with E-state index < -0.39 is 10.2 Å². The van der Waals surface area contributed by atoms with Crippen LogP contribution in [-0.4, -0.2) is 25.1 Å². The van der Waals surface area contributed by atoms with Crippen molar-refractivity contribution in [1.29, 1.82) is 0 Å². The number of unbranched alkanes of at least 4 members (excludes halogenated alkanes) is 1. The Balaban J connectivity index is 2.74. The smallest absolute Gasteiger partial charge is 0.346 e. The average molecular weight is 203 g/mol. The molecule has 0 bridgehead atoms. The summed E-state index contributed by atoms with van der Waals surface area (Å²) < 4.78 is 27.2. The van der Waals surface area contributed by atoms with Gasteiger partial charge in [0.05, 0.1) is 0 Å². The molecule has 0 atom stereocenters. The van der Waals surface area contributed by atoms with Crippen molar-refractivity contribution in [1.82, 2.24) is 4.31 Å². The minimum atomic E-state index is -3.54. The van der Waals surface area contributed by atoms with E-state index in [9.17, 15) is 8.42 Å². The molecule has 5 nitrogen and oxygen atoms in total. The van der Waals surface area contributed by atoms with Crippen molar-refractivity contribution < 1.29 is 8.42 Å². The number of nitrogens with two attached hydrogens (primary N) is 1. The quantitative estimate of drug-likeness (QED) is 0.712. The zero-order valence-corrected chi connectivity index (χ0v) is 8.29. The van der Waals surface area contributed by atoms with E-state index in [0.29, 0.717) is 6.54 Å². The van der Waals surface area contributed by atoms with Crippen molar-refractivity contribution in [3.05, 3.63) is 12.3 Å². The summed E-state index contributed by atoms with van der Waals surface area (Å²) in [4.78, 5) is 0. The summed E-state index contributed by atoms with van der Waals surface area (Å²) in [5.74, 6) is 0.0350. The van der Waals surface area contributed by atoms with Crippen LogP contribution in [0.5, 0.6) is 0 Å². The molecule has 0 saturated carbocycles. The standard InChI is InChI=1S/C7H13N3O2S/c1-2-3-5-10-6-4-7(8)9-13(10,11)12/h4,6H,2-3,5H2,1H3,(H2,8,9). The molecule has 0 unspecified atom stereocenters. The largest absolute Gasteiger partial charge is 0.383 e. The second-order valence-electron chi connectivity index (χ2n) is 2.77. The van der Waals surface area contributed by atoms with Crippen molar-refractivity contribution in [2.45, 2.75) is 19.8 Å². The first kappa shape index (κ1) is 10.0. The fourth-order valence-electron chi connectivity index (χ4n) is 0.956. The van der Waals surface area contributed by atoms with Gasteiger partial charge >= 0.3 is 10.2 Å². The minimum absolute atomic E-state index is 0.0350. The van der Waals surface area contributed by atoms with Crippen LogP contribution in [0.3, 0.4) is 0 Å². The van der Waals surface area contributed by atoms with Gasteiger partial charge in [-0.15, -0.1) is 4.40 Å². The normalized spacial score (nSPS) is 20.1. The van der Waals surface area contributed by atoms with Crippen molar-refractivity contribution in [2.24, 2.45) is 10.1 Å². The lowest BCUT2D eigenvalue weighted by Gasteiger charge is -2.19. The van der Waals surface area contributed by atoms with E-state index in [1.165, 1.54) is 16.6 Å². The van der Waals surface area contributed by atoms with E-state index in [-0.39, 0.29) is 5.84 Å². The Kier molecular flexibility index (Phi) is 2.92. The maximum absolute atomic E-state index is 11.3. The molecular formula is C7H13N3O2S. The lowest BCUT2D eigenvalue weighted by atomic mass is 10.3. The average Bonchev–Trinajstić information content (AvgIpc) is 2.01. The summed E-state index contributed by atoms with van der Waals surface area (Å²) in [6.07, 6.45) is 4.70. The molecule has 74 valence electrons. The molecule has 1 heterocycles. The van der Waals surface area contributed by atoms with E-state index in [2.05, 4.69) is 4.40 Å². The van der Waals surface area contributed by atoms with Gasteiger partial charge in [0.15, 0.2) is 0 Å². The first-order valence-corrected chi connectivity index (χ1v) is 5.51. The predicted molar refractivity (Wildman–Crippen MR) is 51.3 cm³/mol. The summed E-state index contributed by atoms with van der Waals surface area (Å²) in [7, 11) is -3.54. The first-order valence-electron chi connectivity index (χ1n) is 4.11. The SMILES string of the molecule is CCCCN1C=CC(N)=NS1(=O)=O. The first-order chi connectivity index (χ1) is 6.06. The molecule has 6 heteroatoms. The lowest BCUT2D eigenvalue weighted by molar-refractivity contribution is 0.487. The Labute approximate surface area is 78.1 Å². The van der Waals surface area contributed by atoms with Crippen LogP contribution in [0.2, 0.25) is 0 Å². The molecule has 1 aliphatic heterocycles. The van der Waals surface area contributed by atoms with E-state index in [4.69, 9.17) is 5.73 Å². The van der Waals surface area contributed by atoms with Crippen LogP contribution in [0.25, 0.3) is 0 Å². The van der Waals surface area contributed by atoms with E-state index in [0.717, 1.165) is 12.8 Å². The lowest BCUT2D eigenvalue weighted by Crippen LogP contribution is -2.30. The number of amidine groups is 1. The summed E-state index contributed by atoms with van der Waals surface area (Å²) in [5.41, 5.74) is 5.26. The summed E-state index contributed by atoms with van der Waals surface area (Å²) in [6, 6.07) is 0. The second-order valence-corrected chi connectivity index (χ2v) is 4.32. The molecule has 0 spiro atoms. The number of nitrogens with zero attached hydrogens (tertiary/aromatic N) is 2. The van der Waals surface area contributed by atoms with Crippen LogP contribution >= 0.6 is 0 Å². The molecule has 0 aliphatic carbocycles. The molecule has 0 aromatic carbocycles. The third-order valence-electron chi connectivity index (χ3n) is 1.66. The second kappa shape index (κ2) is 3.78. The molecule has 1 rings (SSSR count). The van der Waals surface area contributed by atoms with Gasteiger partial charge in [0.25, 0.3) is 0 Å². The van der Waals surface area contributed by atoms with E-state index >= 15 is 0 Å². The van der Waals surface area contributed by atoms with E-state index in [1.807, 2.05) is 6.92 Å². The molecule has 0 fully saturated rings. The van der Waals surface area contributed by atoms with Gasteiger partial charge < -0.3 is 5.73 Å². The number of hydrogen-bond donors (Lipinski definition) is 1. The number of rotatable bonds is 3. The van der Waals surface area contributed by atoms with Crippen LogP contribution in [0.15, 0.2) is 16.7 Å². The zero-order chi connectivity index (χ0) is 9.90. The highest BCUT2D eigenvalue weighted by molar-refractivity contribution is 7.88. The maximum Gasteiger partial charge on any atom is 0.346 e. The highest BCUT2D eigenvalue weighted by Gasteiger charge is 2.19. The molecular weight excluding hydrogens is 190 g/mol. The molecule has 2 N–H and O–H groups in total. The van der Waals surface area contributed by atoms with E-state index in [1.54, 1.807) is 0 Å². The van der Waals surface area contributed by atoms with Crippen LogP contribution in [-0.2, 0) is 10.2 Å². The Morgan fingerprint density at radius 3 is 2.85 bits per heavy atom. The van der Waals surface area contributed by atoms with Gasteiger partial charge in [-0.25, -0.2) is 0 Å². The van der Waals surface area contributed by atoms with Gasteiger partial charge in [-0.05, 0) is 12.5 Å². The fourth-order valence-corrected chi connectivity index (χ4v) is 1.96. The van der Waals surface area contributed by atoms with Crippen molar-refractivity contribution in [2.75, 3.05) is 6.54 Å². The fraction of sp³-hybridized carbons (Fsp3) is 0.571. The van der Waals surface area contributed by atoms with Gasteiger partial charge in [0.2, 0.25) is 0 Å². The summed E-state index contributed by atoms with van der Waals surface area (Å²) in [6.45, 7) is 2.46. The molecule has 0 saturated heterocycles. The van der Waals surface area contributed by atoms with Crippen molar-refractivity contribution >= 4 is 16.0 Å². The third-order valence-corrected chi connectivity index (χ3v) is 3.00. The minimum Gasteiger partial charge on any atom is -0.383 e. The Morgan fingerprint density at radius 1 is 1.62 bits per heavy atom. The van der Waals surface area contributed by atoms with Crippen molar-refractivity contribution in [3.8, 4) is 0 Å². The predicted octanol–water partition coefficient (Wildman–Crippen LogP) is 0.218. The van der Waals surface area contributed by atoms with Crippen molar-refractivity contribution in [3.63, 3.8) is 0 Å². The monoisotopic (exact) mass is 203 g/mol.